The number of carbonyl (C=O) groups is 1. The summed E-state index contributed by atoms with van der Waals surface area (Å²) >= 11 is 5.87. The van der Waals surface area contributed by atoms with Gasteiger partial charge in [0.25, 0.3) is 5.56 Å². The minimum absolute atomic E-state index is 0.156. The van der Waals surface area contributed by atoms with Gasteiger partial charge in [-0.05, 0) is 30.3 Å². The van der Waals surface area contributed by atoms with Gasteiger partial charge >= 0.3 is 0 Å². The van der Waals surface area contributed by atoms with Crippen LogP contribution in [0.4, 0.5) is 8.78 Å². The van der Waals surface area contributed by atoms with Crippen molar-refractivity contribution in [1.29, 1.82) is 5.26 Å². The first-order valence-electron chi connectivity index (χ1n) is 7.44. The fourth-order valence-electron chi connectivity index (χ4n) is 2.51. The maximum Gasteiger partial charge on any atom is 0.258 e. The number of rotatable bonds is 3. The van der Waals surface area contributed by atoms with Crippen LogP contribution in [0.5, 0.6) is 0 Å². The van der Waals surface area contributed by atoms with Gasteiger partial charge in [-0.25, -0.2) is 13.8 Å². The van der Waals surface area contributed by atoms with Crippen molar-refractivity contribution in [2.75, 3.05) is 0 Å². The van der Waals surface area contributed by atoms with Gasteiger partial charge in [0.15, 0.2) is 11.7 Å². The highest BCUT2D eigenvalue weighted by Gasteiger charge is 2.28. The van der Waals surface area contributed by atoms with Crippen LogP contribution in [0.3, 0.4) is 0 Å². The lowest BCUT2D eigenvalue weighted by atomic mass is 9.96. The van der Waals surface area contributed by atoms with Gasteiger partial charge in [-0.1, -0.05) is 17.5 Å². The number of H-pyrrole nitrogens is 1. The number of nitrogens with zero attached hydrogens (tertiary/aromatic N) is 2. The number of benzene rings is 2. The molecule has 0 saturated carbocycles. The summed E-state index contributed by atoms with van der Waals surface area (Å²) in [5.41, 5.74) is -1.48. The minimum atomic E-state index is -1.66. The number of nitriles is 1. The van der Waals surface area contributed by atoms with E-state index >= 15 is 0 Å². The fourth-order valence-corrected chi connectivity index (χ4v) is 2.68. The zero-order valence-electron chi connectivity index (χ0n) is 13.4. The topological polar surface area (TPSA) is 86.6 Å². The standard InChI is InChI=1S/C19H8ClF2N3O2/c1-2-9-5-15(22)12(7-14(9)21)17(26)13(8-23)18-24-16-6-10(20)3-4-11(16)19(27)25-18/h1,3-7,13H,(H,24,25,27). The van der Waals surface area contributed by atoms with E-state index in [-0.39, 0.29) is 22.3 Å². The number of terminal acetylenes is 1. The van der Waals surface area contributed by atoms with E-state index in [1.807, 2.05) is 5.92 Å². The molecule has 3 aromatic rings. The molecule has 1 heterocycles. The molecule has 1 unspecified atom stereocenters. The lowest BCUT2D eigenvalue weighted by Gasteiger charge is -2.10. The normalized spacial score (nSPS) is 11.6. The van der Waals surface area contributed by atoms with Crippen molar-refractivity contribution in [3.63, 3.8) is 0 Å². The third kappa shape index (κ3) is 3.29. The van der Waals surface area contributed by atoms with Crippen LogP contribution >= 0.6 is 11.6 Å². The summed E-state index contributed by atoms with van der Waals surface area (Å²) in [6.07, 6.45) is 5.05. The van der Waals surface area contributed by atoms with Crippen LogP contribution in [-0.4, -0.2) is 15.8 Å². The van der Waals surface area contributed by atoms with E-state index in [1.165, 1.54) is 18.2 Å². The lowest BCUT2D eigenvalue weighted by molar-refractivity contribution is 0.0972. The Kier molecular flexibility index (Phi) is 4.72. The smallest absolute Gasteiger partial charge is 0.258 e. The maximum atomic E-state index is 14.2. The Bertz CT molecular complexity index is 1240. The molecule has 0 amide bonds. The summed E-state index contributed by atoms with van der Waals surface area (Å²) in [5, 5.41) is 9.88. The first-order valence-corrected chi connectivity index (χ1v) is 7.82. The van der Waals surface area contributed by atoms with Crippen LogP contribution < -0.4 is 5.56 Å². The van der Waals surface area contributed by atoms with E-state index < -0.39 is 34.5 Å². The molecule has 0 radical (unpaired) electrons. The number of hydrogen-bond acceptors (Lipinski definition) is 4. The van der Waals surface area contributed by atoms with E-state index in [4.69, 9.17) is 18.0 Å². The van der Waals surface area contributed by atoms with Gasteiger partial charge < -0.3 is 4.98 Å². The molecule has 0 saturated heterocycles. The Hall–Kier alpha value is -3.55. The molecule has 8 heteroatoms. The summed E-state index contributed by atoms with van der Waals surface area (Å²) in [7, 11) is 0. The number of nitrogens with one attached hydrogen (secondary N) is 1. The molecule has 2 aromatic carbocycles. The summed E-state index contributed by atoms with van der Waals surface area (Å²) in [5.74, 6) is -3.15. The van der Waals surface area contributed by atoms with Crippen LogP contribution in [0.25, 0.3) is 10.9 Å². The van der Waals surface area contributed by atoms with Gasteiger partial charge in [0.05, 0.1) is 28.1 Å². The van der Waals surface area contributed by atoms with E-state index in [9.17, 15) is 23.6 Å². The first-order chi connectivity index (χ1) is 12.8. The van der Waals surface area contributed by atoms with Gasteiger partial charge in [-0.3, -0.25) is 9.59 Å². The highest BCUT2D eigenvalue weighted by atomic mass is 35.5. The van der Waals surface area contributed by atoms with E-state index in [0.717, 1.165) is 0 Å². The van der Waals surface area contributed by atoms with E-state index in [1.54, 1.807) is 6.07 Å². The molecule has 0 aliphatic carbocycles. The molecule has 0 bridgehead atoms. The van der Waals surface area contributed by atoms with Crippen LogP contribution in [0.2, 0.25) is 5.02 Å². The van der Waals surface area contributed by atoms with Crippen molar-refractivity contribution in [3.8, 4) is 18.4 Å². The number of ketones is 1. The van der Waals surface area contributed by atoms with Crippen molar-refractivity contribution in [2.45, 2.75) is 5.92 Å². The van der Waals surface area contributed by atoms with Crippen molar-refractivity contribution in [2.24, 2.45) is 0 Å². The van der Waals surface area contributed by atoms with Crippen LogP contribution in [0.15, 0.2) is 35.1 Å². The van der Waals surface area contributed by atoms with Crippen molar-refractivity contribution in [1.82, 2.24) is 9.97 Å². The van der Waals surface area contributed by atoms with Gasteiger partial charge in [0.1, 0.15) is 17.5 Å². The highest BCUT2D eigenvalue weighted by Crippen LogP contribution is 2.23. The molecule has 1 atom stereocenters. The number of halogens is 3. The molecule has 0 spiro atoms. The third-order valence-corrected chi connectivity index (χ3v) is 4.06. The highest BCUT2D eigenvalue weighted by molar-refractivity contribution is 6.31. The minimum Gasteiger partial charge on any atom is -0.308 e. The molecule has 1 aromatic heterocycles. The van der Waals surface area contributed by atoms with Gasteiger partial charge in [-0.2, -0.15) is 5.26 Å². The number of Topliss-reactive ketones (excluding diaryl/α,β-unsaturated/α-hetero) is 1. The second-order valence-corrected chi connectivity index (χ2v) is 5.93. The van der Waals surface area contributed by atoms with E-state index in [2.05, 4.69) is 9.97 Å². The predicted octanol–water partition coefficient (Wildman–Crippen LogP) is 3.33. The Morgan fingerprint density at radius 3 is 2.67 bits per heavy atom. The first kappa shape index (κ1) is 18.2. The molecule has 5 nitrogen and oxygen atoms in total. The number of carbonyl (C=O) groups excluding carboxylic acids is 1. The molecule has 27 heavy (non-hydrogen) atoms. The molecular weight excluding hydrogens is 376 g/mol. The van der Waals surface area contributed by atoms with Crippen molar-refractivity contribution in [3.05, 3.63) is 74.3 Å². The predicted molar refractivity (Wildman–Crippen MR) is 94.4 cm³/mol. The fraction of sp³-hybridized carbons (Fsp3) is 0.0526. The number of aromatic amines is 1. The second-order valence-electron chi connectivity index (χ2n) is 5.50. The zero-order chi connectivity index (χ0) is 19.7. The van der Waals surface area contributed by atoms with Crippen molar-refractivity contribution < 1.29 is 13.6 Å². The summed E-state index contributed by atoms with van der Waals surface area (Å²) in [4.78, 5) is 31.2. The van der Waals surface area contributed by atoms with Gasteiger partial charge in [0.2, 0.25) is 0 Å². The monoisotopic (exact) mass is 383 g/mol. The molecule has 3 rings (SSSR count). The number of fused-ring (bicyclic) bond motifs is 1. The van der Waals surface area contributed by atoms with Crippen LogP contribution in [0, 0.1) is 35.3 Å². The van der Waals surface area contributed by atoms with Gasteiger partial charge in [-0.15, -0.1) is 6.42 Å². The molecule has 0 aliphatic rings. The molecule has 1 N–H and O–H groups in total. The maximum absolute atomic E-state index is 14.2. The second kappa shape index (κ2) is 6.99. The Balaban J connectivity index is 2.13. The SMILES string of the molecule is C#Cc1cc(F)c(C(=O)C(C#N)c2nc3cc(Cl)ccc3c(=O)[nH]2)cc1F. The number of hydrogen-bond donors (Lipinski definition) is 1. The average molecular weight is 384 g/mol. The molecule has 0 aliphatic heterocycles. The van der Waals surface area contributed by atoms with Gasteiger partial charge in [0, 0.05) is 5.02 Å². The summed E-state index contributed by atoms with van der Waals surface area (Å²) in [6.45, 7) is 0. The lowest BCUT2D eigenvalue weighted by Crippen LogP contribution is -2.20. The third-order valence-electron chi connectivity index (χ3n) is 3.83. The quantitative estimate of drug-likeness (QED) is 0.555. The summed E-state index contributed by atoms with van der Waals surface area (Å²) < 4.78 is 28.0. The largest absolute Gasteiger partial charge is 0.308 e. The Morgan fingerprint density at radius 2 is 2.00 bits per heavy atom. The number of aromatic nitrogens is 2. The molecular formula is C19H8ClF2N3O2. The van der Waals surface area contributed by atoms with Crippen LogP contribution in [-0.2, 0) is 0 Å². The van der Waals surface area contributed by atoms with Crippen LogP contribution in [0.1, 0.15) is 27.7 Å². The Morgan fingerprint density at radius 1 is 1.26 bits per heavy atom. The summed E-state index contributed by atoms with van der Waals surface area (Å²) in [6, 6.07) is 7.26. The van der Waals surface area contributed by atoms with E-state index in [0.29, 0.717) is 17.2 Å². The zero-order valence-corrected chi connectivity index (χ0v) is 14.1. The Labute approximate surface area is 156 Å². The van der Waals surface area contributed by atoms with Crippen molar-refractivity contribution >= 4 is 28.3 Å². The molecule has 132 valence electrons. The average Bonchev–Trinajstić information content (AvgIpc) is 2.63. The molecule has 0 fully saturated rings.